The highest BCUT2D eigenvalue weighted by Crippen LogP contribution is 2.23. The first-order chi connectivity index (χ1) is 13.1. The number of imide groups is 1. The number of nitrogens with two attached hydrogens (primary N) is 1. The number of carbonyl (C=O) groups excluding carboxylic acids is 2. The van der Waals surface area contributed by atoms with Crippen molar-refractivity contribution in [2.45, 2.75) is 16.3 Å². The summed E-state index contributed by atoms with van der Waals surface area (Å²) in [6.45, 7) is 0.105. The number of primary sulfonamides is 1. The maximum Gasteiger partial charge on any atom is 0.289 e. The average Bonchev–Trinajstić information content (AvgIpc) is 2.94. The largest absolute Gasteiger partial charge is 0.289 e. The van der Waals surface area contributed by atoms with E-state index in [1.807, 2.05) is 0 Å². The van der Waals surface area contributed by atoms with Crippen molar-refractivity contribution in [1.29, 1.82) is 0 Å². The minimum atomic E-state index is -4.04. The first kappa shape index (κ1) is 20.3. The Morgan fingerprint density at radius 3 is 2.21 bits per heavy atom. The molecule has 0 spiro atoms. The Hall–Kier alpha value is -2.41. The second-order valence-corrected chi connectivity index (χ2v) is 10.0. The van der Waals surface area contributed by atoms with Gasteiger partial charge in [-0.05, 0) is 35.9 Å². The van der Waals surface area contributed by atoms with Gasteiger partial charge in [0.25, 0.3) is 15.3 Å². The van der Waals surface area contributed by atoms with Gasteiger partial charge in [-0.2, -0.15) is 0 Å². The third-order valence-corrected chi connectivity index (χ3v) is 6.98. The number of sulfonamides is 2. The van der Waals surface area contributed by atoms with Crippen LogP contribution in [0.4, 0.5) is 10.5 Å². The van der Waals surface area contributed by atoms with Crippen LogP contribution >= 0.6 is 11.8 Å². The molecule has 0 radical (unpaired) electrons. The lowest BCUT2D eigenvalue weighted by Crippen LogP contribution is -2.27. The second kappa shape index (κ2) is 7.54. The molecule has 0 saturated carbocycles. The van der Waals surface area contributed by atoms with Gasteiger partial charge < -0.3 is 0 Å². The molecule has 2 aromatic carbocycles. The van der Waals surface area contributed by atoms with E-state index in [2.05, 4.69) is 4.72 Å². The van der Waals surface area contributed by atoms with Crippen LogP contribution in [-0.4, -0.2) is 38.6 Å². The smallest absolute Gasteiger partial charge is 0.280 e. The lowest BCUT2D eigenvalue weighted by Gasteiger charge is -2.13. The molecule has 3 N–H and O–H groups in total. The molecule has 1 saturated heterocycles. The number of nitrogens with zero attached hydrogens (tertiary/aromatic N) is 1. The van der Waals surface area contributed by atoms with Crippen LogP contribution in [0.2, 0.25) is 0 Å². The van der Waals surface area contributed by atoms with E-state index >= 15 is 0 Å². The molecular formula is C16H15N3O6S3. The predicted octanol–water partition coefficient (Wildman–Crippen LogP) is 1.33. The van der Waals surface area contributed by atoms with Crippen LogP contribution in [0.1, 0.15) is 5.56 Å². The van der Waals surface area contributed by atoms with E-state index in [-0.39, 0.29) is 38.9 Å². The van der Waals surface area contributed by atoms with Crippen molar-refractivity contribution >= 4 is 48.6 Å². The third kappa shape index (κ3) is 4.52. The van der Waals surface area contributed by atoms with E-state index in [9.17, 15) is 26.4 Å². The Balaban J connectivity index is 1.76. The minimum absolute atomic E-state index is 0.105. The van der Waals surface area contributed by atoms with Gasteiger partial charge in [-0.25, -0.2) is 22.0 Å². The van der Waals surface area contributed by atoms with Crippen molar-refractivity contribution in [3.05, 3.63) is 54.1 Å². The Morgan fingerprint density at radius 1 is 1.00 bits per heavy atom. The van der Waals surface area contributed by atoms with E-state index in [1.54, 1.807) is 12.1 Å². The molecule has 0 unspecified atom stereocenters. The lowest BCUT2D eigenvalue weighted by atomic mass is 10.2. The van der Waals surface area contributed by atoms with Gasteiger partial charge in [-0.15, -0.1) is 0 Å². The summed E-state index contributed by atoms with van der Waals surface area (Å²) in [5.74, 6) is -0.150. The maximum atomic E-state index is 12.5. The molecule has 0 aliphatic carbocycles. The minimum Gasteiger partial charge on any atom is -0.280 e. The maximum absolute atomic E-state index is 12.5. The molecular weight excluding hydrogens is 426 g/mol. The Bertz CT molecular complexity index is 1130. The summed E-state index contributed by atoms with van der Waals surface area (Å²) >= 11 is 0.938. The molecule has 0 atom stereocenters. The normalized spacial score (nSPS) is 15.1. The summed E-state index contributed by atoms with van der Waals surface area (Å²) in [5, 5.41) is 4.71. The highest BCUT2D eigenvalue weighted by Gasteiger charge is 2.29. The Labute approximate surface area is 166 Å². The van der Waals surface area contributed by atoms with Crippen LogP contribution in [-0.2, 0) is 31.4 Å². The van der Waals surface area contributed by atoms with E-state index in [0.29, 0.717) is 5.56 Å². The molecule has 12 heteroatoms. The molecule has 0 bridgehead atoms. The molecule has 1 fully saturated rings. The van der Waals surface area contributed by atoms with Crippen molar-refractivity contribution in [2.75, 3.05) is 10.5 Å². The lowest BCUT2D eigenvalue weighted by molar-refractivity contribution is -0.125. The van der Waals surface area contributed by atoms with E-state index in [0.717, 1.165) is 22.7 Å². The van der Waals surface area contributed by atoms with Gasteiger partial charge in [0.15, 0.2) is 0 Å². The molecule has 1 aliphatic heterocycles. The molecule has 1 heterocycles. The van der Waals surface area contributed by atoms with Crippen molar-refractivity contribution in [3.63, 3.8) is 0 Å². The van der Waals surface area contributed by atoms with Crippen molar-refractivity contribution in [3.8, 4) is 0 Å². The number of thioether (sulfide) groups is 1. The van der Waals surface area contributed by atoms with Gasteiger partial charge in [-0.3, -0.25) is 19.2 Å². The molecule has 3 rings (SSSR count). The fraction of sp³-hybridized carbons (Fsp3) is 0.125. The summed E-state index contributed by atoms with van der Waals surface area (Å²) in [4.78, 5) is 23.8. The topological polar surface area (TPSA) is 144 Å². The molecule has 2 amide bonds. The summed E-state index contributed by atoms with van der Waals surface area (Å²) < 4.78 is 50.1. The van der Waals surface area contributed by atoms with Gasteiger partial charge in [0.05, 0.1) is 22.1 Å². The Morgan fingerprint density at radius 2 is 1.64 bits per heavy atom. The quantitative estimate of drug-likeness (QED) is 0.688. The standard InChI is InChI=1S/C16H15N3O6S3/c17-27(22,23)13-2-1-3-14(8-13)28(24,25)18-12-6-4-11(5-7-12)9-19-15(20)10-26-16(19)21/h1-8,18H,9-10H2,(H2,17,22,23). The molecule has 2 aromatic rings. The van der Waals surface area contributed by atoms with Crippen molar-refractivity contribution in [2.24, 2.45) is 5.14 Å². The number of anilines is 1. The zero-order chi connectivity index (χ0) is 20.5. The number of hydrogen-bond donors (Lipinski definition) is 2. The van der Waals surface area contributed by atoms with E-state index < -0.39 is 20.0 Å². The predicted molar refractivity (Wildman–Crippen MR) is 103 cm³/mol. The number of rotatable bonds is 6. The van der Waals surface area contributed by atoms with Gasteiger partial charge in [0.1, 0.15) is 0 Å². The van der Waals surface area contributed by atoms with Crippen molar-refractivity contribution in [1.82, 2.24) is 4.90 Å². The van der Waals surface area contributed by atoms with E-state index in [4.69, 9.17) is 5.14 Å². The summed E-state index contributed by atoms with van der Waals surface area (Å²) in [5.41, 5.74) is 0.890. The first-order valence-corrected chi connectivity index (χ1v) is 11.8. The number of nitrogens with one attached hydrogen (secondary N) is 1. The molecule has 1 aliphatic rings. The van der Waals surface area contributed by atoms with Gasteiger partial charge in [-0.1, -0.05) is 30.0 Å². The molecule has 9 nitrogen and oxygen atoms in total. The monoisotopic (exact) mass is 441 g/mol. The van der Waals surface area contributed by atoms with Crippen LogP contribution in [0.5, 0.6) is 0 Å². The Kier molecular flexibility index (Phi) is 5.48. The zero-order valence-electron chi connectivity index (χ0n) is 14.2. The van der Waals surface area contributed by atoms with Crippen LogP contribution < -0.4 is 9.86 Å². The molecule has 148 valence electrons. The molecule has 28 heavy (non-hydrogen) atoms. The van der Waals surface area contributed by atoms with Gasteiger partial charge in [0, 0.05) is 5.69 Å². The summed E-state index contributed by atoms with van der Waals surface area (Å²) in [6.07, 6.45) is 0. The summed E-state index contributed by atoms with van der Waals surface area (Å²) in [7, 11) is -8.08. The van der Waals surface area contributed by atoms with Crippen molar-refractivity contribution < 1.29 is 26.4 Å². The van der Waals surface area contributed by atoms with Gasteiger partial charge in [0.2, 0.25) is 15.9 Å². The number of benzene rings is 2. The van der Waals surface area contributed by atoms with Crippen LogP contribution in [0.25, 0.3) is 0 Å². The first-order valence-electron chi connectivity index (χ1n) is 7.78. The summed E-state index contributed by atoms with van der Waals surface area (Å²) in [6, 6.07) is 10.8. The third-order valence-electron chi connectivity index (χ3n) is 3.83. The number of carbonyl (C=O) groups is 2. The fourth-order valence-corrected chi connectivity index (χ4v) is 4.89. The van der Waals surface area contributed by atoms with Crippen LogP contribution in [0, 0.1) is 0 Å². The fourth-order valence-electron chi connectivity index (χ4n) is 2.43. The SMILES string of the molecule is NS(=O)(=O)c1cccc(S(=O)(=O)Nc2ccc(CN3C(=O)CSC3=O)cc2)c1. The number of hydrogen-bond acceptors (Lipinski definition) is 7. The second-order valence-electron chi connectivity index (χ2n) is 5.86. The zero-order valence-corrected chi connectivity index (χ0v) is 16.7. The van der Waals surface area contributed by atoms with Gasteiger partial charge >= 0.3 is 0 Å². The highest BCUT2D eigenvalue weighted by atomic mass is 32.2. The number of amides is 2. The van der Waals surface area contributed by atoms with E-state index in [1.165, 1.54) is 30.3 Å². The van der Waals surface area contributed by atoms with Crippen LogP contribution in [0.15, 0.2) is 58.3 Å². The highest BCUT2D eigenvalue weighted by molar-refractivity contribution is 8.14. The molecule has 0 aromatic heterocycles. The van der Waals surface area contributed by atoms with Crippen LogP contribution in [0.3, 0.4) is 0 Å². The average molecular weight is 442 g/mol.